The number of halogens is 2. The molecular formula is C12H18BrClN2O3S. The van der Waals surface area contributed by atoms with Crippen LogP contribution in [0.3, 0.4) is 0 Å². The zero-order valence-corrected chi connectivity index (χ0v) is 14.2. The SMILES string of the molecule is COc1ccc(Br)c(S(=O)(=O)NC(CN)C2CC2)c1.Cl. The molecule has 3 N–H and O–H groups in total. The fourth-order valence-electron chi connectivity index (χ4n) is 1.91. The lowest BCUT2D eigenvalue weighted by atomic mass is 10.2. The molecule has 1 fully saturated rings. The summed E-state index contributed by atoms with van der Waals surface area (Å²) in [6.45, 7) is 0.311. The molecular weight excluding hydrogens is 368 g/mol. The van der Waals surface area contributed by atoms with Crippen LogP contribution in [0.25, 0.3) is 0 Å². The Bertz CT molecular complexity index is 564. The van der Waals surface area contributed by atoms with Crippen molar-refractivity contribution in [2.75, 3.05) is 13.7 Å². The van der Waals surface area contributed by atoms with Gasteiger partial charge in [-0.25, -0.2) is 13.1 Å². The van der Waals surface area contributed by atoms with Gasteiger partial charge in [0.25, 0.3) is 0 Å². The van der Waals surface area contributed by atoms with Crippen molar-refractivity contribution in [3.8, 4) is 5.75 Å². The minimum absolute atomic E-state index is 0. The molecule has 1 unspecified atom stereocenters. The molecule has 1 atom stereocenters. The minimum Gasteiger partial charge on any atom is -0.497 e. The van der Waals surface area contributed by atoms with E-state index in [0.29, 0.717) is 22.7 Å². The first-order valence-electron chi connectivity index (χ1n) is 6.04. The van der Waals surface area contributed by atoms with Crippen LogP contribution in [-0.2, 0) is 10.0 Å². The smallest absolute Gasteiger partial charge is 0.242 e. The lowest BCUT2D eigenvalue weighted by Crippen LogP contribution is -2.41. The van der Waals surface area contributed by atoms with E-state index in [9.17, 15) is 8.42 Å². The Labute approximate surface area is 133 Å². The molecule has 5 nitrogen and oxygen atoms in total. The molecule has 1 aliphatic carbocycles. The molecule has 1 aromatic carbocycles. The molecule has 0 amide bonds. The fourth-order valence-corrected chi connectivity index (χ4v) is 4.21. The van der Waals surface area contributed by atoms with Gasteiger partial charge in [0.2, 0.25) is 10.0 Å². The van der Waals surface area contributed by atoms with Crippen molar-refractivity contribution in [3.05, 3.63) is 22.7 Å². The zero-order chi connectivity index (χ0) is 14.0. The number of methoxy groups -OCH3 is 1. The molecule has 0 aliphatic heterocycles. The second-order valence-corrected chi connectivity index (χ2v) is 7.13. The van der Waals surface area contributed by atoms with Gasteiger partial charge >= 0.3 is 0 Å². The van der Waals surface area contributed by atoms with Crippen LogP contribution in [0.5, 0.6) is 5.75 Å². The number of hydrogen-bond donors (Lipinski definition) is 2. The highest BCUT2D eigenvalue weighted by Gasteiger charge is 2.34. The van der Waals surface area contributed by atoms with Gasteiger partial charge in [0, 0.05) is 23.1 Å². The Balaban J connectivity index is 0.00000200. The standard InChI is InChI=1S/C12H17BrN2O3S.ClH/c1-18-9-4-5-10(13)12(6-9)19(16,17)15-11(7-14)8-2-3-8;/h4-6,8,11,15H,2-3,7,14H2,1H3;1H. The predicted molar refractivity (Wildman–Crippen MR) is 83.8 cm³/mol. The zero-order valence-electron chi connectivity index (χ0n) is 11.0. The van der Waals surface area contributed by atoms with E-state index in [1.807, 2.05) is 0 Å². The van der Waals surface area contributed by atoms with Gasteiger partial charge in [-0.2, -0.15) is 0 Å². The summed E-state index contributed by atoms with van der Waals surface area (Å²) in [6, 6.07) is 4.65. The summed E-state index contributed by atoms with van der Waals surface area (Å²) >= 11 is 3.25. The van der Waals surface area contributed by atoms with Gasteiger partial charge < -0.3 is 10.5 Å². The highest BCUT2D eigenvalue weighted by molar-refractivity contribution is 9.10. The van der Waals surface area contributed by atoms with E-state index < -0.39 is 10.0 Å². The summed E-state index contributed by atoms with van der Waals surface area (Å²) < 4.78 is 33.0. The molecule has 1 saturated carbocycles. The molecule has 1 aliphatic rings. The van der Waals surface area contributed by atoms with Gasteiger partial charge in [-0.1, -0.05) is 0 Å². The van der Waals surface area contributed by atoms with Crippen LogP contribution in [0.1, 0.15) is 12.8 Å². The first kappa shape index (κ1) is 17.7. The predicted octanol–water partition coefficient (Wildman–Crippen LogP) is 1.90. The van der Waals surface area contributed by atoms with E-state index in [0.717, 1.165) is 12.8 Å². The Hall–Kier alpha value is -0.340. The van der Waals surface area contributed by atoms with Crippen molar-refractivity contribution in [1.82, 2.24) is 4.72 Å². The largest absolute Gasteiger partial charge is 0.497 e. The maximum Gasteiger partial charge on any atom is 0.242 e. The van der Waals surface area contributed by atoms with Crippen molar-refractivity contribution < 1.29 is 13.2 Å². The number of benzene rings is 1. The van der Waals surface area contributed by atoms with Crippen molar-refractivity contribution in [3.63, 3.8) is 0 Å². The van der Waals surface area contributed by atoms with Gasteiger partial charge in [0.05, 0.1) is 12.0 Å². The van der Waals surface area contributed by atoms with Crippen LogP contribution in [-0.4, -0.2) is 28.1 Å². The van der Waals surface area contributed by atoms with Crippen molar-refractivity contribution in [2.45, 2.75) is 23.8 Å². The molecule has 20 heavy (non-hydrogen) atoms. The summed E-state index contributed by atoms with van der Waals surface area (Å²) in [6.07, 6.45) is 2.06. The van der Waals surface area contributed by atoms with Crippen molar-refractivity contribution in [2.24, 2.45) is 11.7 Å². The van der Waals surface area contributed by atoms with Crippen LogP contribution >= 0.6 is 28.3 Å². The Kier molecular flexibility index (Phi) is 6.27. The summed E-state index contributed by atoms with van der Waals surface area (Å²) in [5.41, 5.74) is 5.63. The molecule has 0 saturated heterocycles. The number of nitrogens with one attached hydrogen (secondary N) is 1. The average molecular weight is 386 g/mol. The van der Waals surface area contributed by atoms with E-state index in [-0.39, 0.29) is 23.3 Å². The van der Waals surface area contributed by atoms with Crippen molar-refractivity contribution >= 4 is 38.4 Å². The topological polar surface area (TPSA) is 81.4 Å². The molecule has 0 radical (unpaired) electrons. The molecule has 0 heterocycles. The van der Waals surface area contributed by atoms with E-state index in [1.54, 1.807) is 12.1 Å². The van der Waals surface area contributed by atoms with Gasteiger partial charge in [-0.3, -0.25) is 0 Å². The van der Waals surface area contributed by atoms with Crippen molar-refractivity contribution in [1.29, 1.82) is 0 Å². The first-order chi connectivity index (χ1) is 8.97. The highest BCUT2D eigenvalue weighted by atomic mass is 79.9. The highest BCUT2D eigenvalue weighted by Crippen LogP contribution is 2.33. The molecule has 0 aromatic heterocycles. The number of nitrogens with two attached hydrogens (primary N) is 1. The van der Waals surface area contributed by atoms with Crippen LogP contribution in [0.4, 0.5) is 0 Å². The fraction of sp³-hybridized carbons (Fsp3) is 0.500. The third-order valence-electron chi connectivity index (χ3n) is 3.18. The third-order valence-corrected chi connectivity index (χ3v) is 5.66. The van der Waals surface area contributed by atoms with Gasteiger partial charge in [0.15, 0.2) is 0 Å². The Morgan fingerprint density at radius 1 is 1.50 bits per heavy atom. The third kappa shape index (κ3) is 4.08. The van der Waals surface area contributed by atoms with E-state index in [2.05, 4.69) is 20.7 Å². The van der Waals surface area contributed by atoms with Crippen LogP contribution in [0.2, 0.25) is 0 Å². The lowest BCUT2D eigenvalue weighted by Gasteiger charge is -2.17. The molecule has 0 bridgehead atoms. The minimum atomic E-state index is -3.60. The number of hydrogen-bond acceptors (Lipinski definition) is 4. The van der Waals surface area contributed by atoms with Crippen LogP contribution in [0, 0.1) is 5.92 Å². The van der Waals surface area contributed by atoms with E-state index >= 15 is 0 Å². The molecule has 114 valence electrons. The number of ether oxygens (including phenoxy) is 1. The normalized spacial score (nSPS) is 16.4. The lowest BCUT2D eigenvalue weighted by molar-refractivity contribution is 0.413. The molecule has 2 rings (SSSR count). The maximum absolute atomic E-state index is 12.4. The number of sulfonamides is 1. The van der Waals surface area contributed by atoms with E-state index in [1.165, 1.54) is 13.2 Å². The Morgan fingerprint density at radius 3 is 2.65 bits per heavy atom. The second-order valence-electron chi connectivity index (χ2n) is 4.60. The second kappa shape index (κ2) is 7.09. The van der Waals surface area contributed by atoms with E-state index in [4.69, 9.17) is 10.5 Å². The quantitative estimate of drug-likeness (QED) is 0.783. The summed E-state index contributed by atoms with van der Waals surface area (Å²) in [5, 5.41) is 0. The van der Waals surface area contributed by atoms with Crippen LogP contribution < -0.4 is 15.2 Å². The average Bonchev–Trinajstić information content (AvgIpc) is 3.20. The van der Waals surface area contributed by atoms with Gasteiger partial charge in [0.1, 0.15) is 5.75 Å². The van der Waals surface area contributed by atoms with Gasteiger partial charge in [-0.05, 0) is 46.8 Å². The summed E-state index contributed by atoms with van der Waals surface area (Å²) in [5.74, 6) is 0.864. The summed E-state index contributed by atoms with van der Waals surface area (Å²) in [7, 11) is -2.10. The van der Waals surface area contributed by atoms with Gasteiger partial charge in [-0.15, -0.1) is 12.4 Å². The van der Waals surface area contributed by atoms with Crippen LogP contribution in [0.15, 0.2) is 27.6 Å². The molecule has 1 aromatic rings. The molecule has 8 heteroatoms. The maximum atomic E-state index is 12.4. The first-order valence-corrected chi connectivity index (χ1v) is 8.31. The monoisotopic (exact) mass is 384 g/mol. The molecule has 0 spiro atoms. The summed E-state index contributed by atoms with van der Waals surface area (Å²) in [4.78, 5) is 0.172. The number of rotatable bonds is 6. The Morgan fingerprint density at radius 2 is 2.15 bits per heavy atom.